The lowest BCUT2D eigenvalue weighted by Gasteiger charge is -2.25. The number of hydrogen-bond donors (Lipinski definition) is 0. The maximum absolute atomic E-state index is 5.62. The zero-order valence-corrected chi connectivity index (χ0v) is 18.4. The fourth-order valence-corrected chi connectivity index (χ4v) is 2.54. The Morgan fingerprint density at radius 1 is 0.731 bits per heavy atom. The van der Waals surface area contributed by atoms with E-state index in [0.717, 1.165) is 18.3 Å². The van der Waals surface area contributed by atoms with E-state index in [1.807, 2.05) is 13.8 Å². The largest absolute Gasteiger partial charge is 0.376 e. The predicted molar refractivity (Wildman–Crippen MR) is 121 cm³/mol. The maximum atomic E-state index is 5.62. The van der Waals surface area contributed by atoms with Gasteiger partial charge in [-0.2, -0.15) is 0 Å². The van der Waals surface area contributed by atoms with Gasteiger partial charge in [-0.15, -0.1) is 0 Å². The van der Waals surface area contributed by atoms with Crippen LogP contribution in [-0.2, 0) is 9.47 Å². The summed E-state index contributed by atoms with van der Waals surface area (Å²) in [5, 5.41) is 0. The smallest absolute Gasteiger partial charge is 0.0809 e. The third kappa shape index (κ3) is 26.1. The van der Waals surface area contributed by atoms with Crippen LogP contribution in [0.4, 0.5) is 0 Å². The molecule has 0 saturated heterocycles. The third-order valence-electron chi connectivity index (χ3n) is 3.32. The van der Waals surface area contributed by atoms with Gasteiger partial charge in [0.1, 0.15) is 0 Å². The first kappa shape index (κ1) is 33.5. The summed E-state index contributed by atoms with van der Waals surface area (Å²) in [4.78, 5) is 2.58. The molecule has 0 aromatic rings. The van der Waals surface area contributed by atoms with Gasteiger partial charge in [0.05, 0.1) is 24.9 Å². The summed E-state index contributed by atoms with van der Waals surface area (Å²) in [6, 6.07) is 0. The highest BCUT2D eigenvalue weighted by molar-refractivity contribution is 4.61. The second kappa shape index (κ2) is 21.2. The van der Waals surface area contributed by atoms with Gasteiger partial charge in [-0.25, -0.2) is 0 Å². The fourth-order valence-electron chi connectivity index (χ4n) is 2.54. The van der Waals surface area contributed by atoms with E-state index < -0.39 is 0 Å². The van der Waals surface area contributed by atoms with Crippen LogP contribution >= 0.6 is 0 Å². The van der Waals surface area contributed by atoms with Crippen LogP contribution in [0.25, 0.3) is 0 Å². The van der Waals surface area contributed by atoms with Gasteiger partial charge in [0.25, 0.3) is 0 Å². The van der Waals surface area contributed by atoms with E-state index in [0.29, 0.717) is 18.8 Å². The lowest BCUT2D eigenvalue weighted by molar-refractivity contribution is -0.0593. The van der Waals surface area contributed by atoms with E-state index in [1.54, 1.807) is 0 Å². The second-order valence-electron chi connectivity index (χ2n) is 8.14. The minimum absolute atomic E-state index is 0. The van der Waals surface area contributed by atoms with Gasteiger partial charge in [-0.05, 0) is 58.9 Å². The number of ether oxygens (including phenoxy) is 2. The minimum atomic E-state index is 0. The first-order chi connectivity index (χ1) is 11.1. The SMILES string of the molecule is C.C.CCC(COC(C)C)OC(C)C.CCCN(CC(C)C)CC(C)C. The molecule has 0 aliphatic heterocycles. The molecule has 0 bridgehead atoms. The monoisotopic (exact) mass is 377 g/mol. The topological polar surface area (TPSA) is 21.7 Å². The lowest BCUT2D eigenvalue weighted by atomic mass is 10.1. The van der Waals surface area contributed by atoms with Crippen molar-refractivity contribution >= 4 is 0 Å². The van der Waals surface area contributed by atoms with Crippen molar-refractivity contribution in [1.29, 1.82) is 0 Å². The van der Waals surface area contributed by atoms with Gasteiger partial charge in [0.15, 0.2) is 0 Å². The minimum Gasteiger partial charge on any atom is -0.376 e. The van der Waals surface area contributed by atoms with Gasteiger partial charge in [-0.1, -0.05) is 56.4 Å². The van der Waals surface area contributed by atoms with Crippen LogP contribution in [0.5, 0.6) is 0 Å². The summed E-state index contributed by atoms with van der Waals surface area (Å²) in [5.41, 5.74) is 0. The second-order valence-corrected chi connectivity index (χ2v) is 8.14. The molecular weight excluding hydrogens is 322 g/mol. The standard InChI is InChI=1S/C11H25N.C10H22O2.2CH4/c1-6-7-12(8-10(2)3)9-11(4)5;1-6-10(12-9(4)5)7-11-8(2)3;;/h10-11H,6-9H2,1-5H3;8-10H,6-7H2,1-5H3;2*1H4. The van der Waals surface area contributed by atoms with Crippen molar-refractivity contribution in [3.8, 4) is 0 Å². The van der Waals surface area contributed by atoms with Crippen molar-refractivity contribution in [3.63, 3.8) is 0 Å². The molecule has 0 fully saturated rings. The molecule has 0 radical (unpaired) electrons. The van der Waals surface area contributed by atoms with Gasteiger partial charge >= 0.3 is 0 Å². The van der Waals surface area contributed by atoms with E-state index in [-0.39, 0.29) is 21.0 Å². The van der Waals surface area contributed by atoms with E-state index in [4.69, 9.17) is 9.47 Å². The fraction of sp³-hybridized carbons (Fsp3) is 1.00. The Hall–Kier alpha value is -0.120. The summed E-state index contributed by atoms with van der Waals surface area (Å²) in [7, 11) is 0. The van der Waals surface area contributed by atoms with E-state index in [9.17, 15) is 0 Å². The number of rotatable bonds is 12. The molecule has 0 aliphatic carbocycles. The molecule has 0 amide bonds. The summed E-state index contributed by atoms with van der Waals surface area (Å²) >= 11 is 0. The molecule has 26 heavy (non-hydrogen) atoms. The highest BCUT2D eigenvalue weighted by Gasteiger charge is 2.09. The Morgan fingerprint density at radius 2 is 1.19 bits per heavy atom. The van der Waals surface area contributed by atoms with Crippen LogP contribution < -0.4 is 0 Å². The predicted octanol–water partition coefficient (Wildman–Crippen LogP) is 6.90. The molecule has 0 aromatic heterocycles. The van der Waals surface area contributed by atoms with Crippen LogP contribution in [0.1, 0.15) is 96.9 Å². The summed E-state index contributed by atoms with van der Waals surface area (Å²) in [5.74, 6) is 1.60. The molecule has 0 saturated carbocycles. The summed E-state index contributed by atoms with van der Waals surface area (Å²) < 4.78 is 11.1. The Labute approximate surface area is 168 Å². The quantitative estimate of drug-likeness (QED) is 0.369. The molecule has 3 nitrogen and oxygen atoms in total. The highest BCUT2D eigenvalue weighted by Crippen LogP contribution is 2.05. The molecule has 0 aliphatic rings. The average Bonchev–Trinajstić information content (AvgIpc) is 2.42. The Balaban J connectivity index is -0.000000173. The van der Waals surface area contributed by atoms with Crippen LogP contribution in [-0.4, -0.2) is 49.5 Å². The van der Waals surface area contributed by atoms with Crippen molar-refractivity contribution in [2.24, 2.45) is 11.8 Å². The van der Waals surface area contributed by atoms with Gasteiger partial charge in [0.2, 0.25) is 0 Å². The van der Waals surface area contributed by atoms with Crippen LogP contribution in [0.3, 0.4) is 0 Å². The van der Waals surface area contributed by atoms with Crippen LogP contribution in [0, 0.1) is 11.8 Å². The lowest BCUT2D eigenvalue weighted by Crippen LogP contribution is -2.31. The Bertz CT molecular complexity index is 243. The van der Waals surface area contributed by atoms with E-state index in [1.165, 1.54) is 26.1 Å². The zero-order valence-electron chi connectivity index (χ0n) is 18.4. The third-order valence-corrected chi connectivity index (χ3v) is 3.32. The van der Waals surface area contributed by atoms with Gasteiger partial charge < -0.3 is 14.4 Å². The highest BCUT2D eigenvalue weighted by atomic mass is 16.5. The van der Waals surface area contributed by atoms with E-state index >= 15 is 0 Å². The van der Waals surface area contributed by atoms with Crippen molar-refractivity contribution in [3.05, 3.63) is 0 Å². The average molecular weight is 378 g/mol. The number of nitrogens with zero attached hydrogens (tertiary/aromatic N) is 1. The molecule has 164 valence electrons. The van der Waals surface area contributed by atoms with Gasteiger partial charge in [0, 0.05) is 13.1 Å². The Morgan fingerprint density at radius 3 is 1.46 bits per heavy atom. The molecule has 0 N–H and O–H groups in total. The molecule has 1 unspecified atom stereocenters. The molecule has 0 spiro atoms. The van der Waals surface area contributed by atoms with Gasteiger partial charge in [-0.3, -0.25) is 0 Å². The van der Waals surface area contributed by atoms with Crippen molar-refractivity contribution in [2.45, 2.75) is 115 Å². The first-order valence-corrected chi connectivity index (χ1v) is 10.1. The number of hydrogen-bond acceptors (Lipinski definition) is 3. The molecule has 0 rings (SSSR count). The van der Waals surface area contributed by atoms with Crippen molar-refractivity contribution in [2.75, 3.05) is 26.2 Å². The first-order valence-electron chi connectivity index (χ1n) is 10.1. The summed E-state index contributed by atoms with van der Waals surface area (Å²) in [6.07, 6.45) is 3.15. The van der Waals surface area contributed by atoms with Crippen LogP contribution in [0.2, 0.25) is 0 Å². The van der Waals surface area contributed by atoms with Crippen molar-refractivity contribution in [1.82, 2.24) is 4.90 Å². The van der Waals surface area contributed by atoms with Crippen LogP contribution in [0.15, 0.2) is 0 Å². The van der Waals surface area contributed by atoms with E-state index in [2.05, 4.69) is 60.3 Å². The summed E-state index contributed by atoms with van der Waals surface area (Å²) in [6.45, 7) is 26.2. The molecule has 1 atom stereocenters. The van der Waals surface area contributed by atoms with Crippen molar-refractivity contribution < 1.29 is 9.47 Å². The Kier molecular flexibility index (Phi) is 27.3. The zero-order chi connectivity index (χ0) is 19.1. The molecule has 0 aromatic carbocycles. The normalized spacial score (nSPS) is 12.1. The molecule has 3 heteroatoms. The maximum Gasteiger partial charge on any atom is 0.0809 e. The molecular formula is C23H55NO2. The molecule has 0 heterocycles.